The van der Waals surface area contributed by atoms with E-state index in [2.05, 4.69) is 16.0 Å². The maximum Gasteiger partial charge on any atom is 0.238 e. The van der Waals surface area contributed by atoms with Gasteiger partial charge in [0.2, 0.25) is 11.8 Å². The Balaban J connectivity index is 1.79. The summed E-state index contributed by atoms with van der Waals surface area (Å²) in [6, 6.07) is 7.69. The summed E-state index contributed by atoms with van der Waals surface area (Å²) >= 11 is 0. The van der Waals surface area contributed by atoms with Crippen LogP contribution in [0.15, 0.2) is 24.3 Å². The van der Waals surface area contributed by atoms with Crippen molar-refractivity contribution in [2.24, 2.45) is 0 Å². The molecule has 0 saturated carbocycles. The fourth-order valence-corrected chi connectivity index (χ4v) is 1.89. The second-order valence-electron chi connectivity index (χ2n) is 4.45. The second kappa shape index (κ2) is 5.64. The molecule has 2 rings (SSSR count). The first kappa shape index (κ1) is 12.6. The molecule has 1 saturated heterocycles. The summed E-state index contributed by atoms with van der Waals surface area (Å²) in [5, 5.41) is 8.61. The van der Waals surface area contributed by atoms with E-state index in [4.69, 9.17) is 0 Å². The average Bonchev–Trinajstić information content (AvgIpc) is 2.76. The van der Waals surface area contributed by atoms with E-state index in [0.29, 0.717) is 13.0 Å². The van der Waals surface area contributed by atoms with Gasteiger partial charge in [0.1, 0.15) is 0 Å². The lowest BCUT2D eigenvalue weighted by atomic mass is 10.2. The summed E-state index contributed by atoms with van der Waals surface area (Å²) in [6.07, 6.45) is 0.442. The molecule has 2 amide bonds. The van der Waals surface area contributed by atoms with Crippen LogP contribution in [0.25, 0.3) is 0 Å². The fourth-order valence-electron chi connectivity index (χ4n) is 1.89. The largest absolute Gasteiger partial charge is 0.354 e. The van der Waals surface area contributed by atoms with Gasteiger partial charge in [-0.05, 0) is 18.6 Å². The lowest BCUT2D eigenvalue weighted by molar-refractivity contribution is -0.119. The van der Waals surface area contributed by atoms with Crippen LogP contribution in [-0.2, 0) is 9.59 Å². The van der Waals surface area contributed by atoms with Crippen molar-refractivity contribution in [3.8, 4) is 0 Å². The summed E-state index contributed by atoms with van der Waals surface area (Å²) in [4.78, 5) is 22.7. The van der Waals surface area contributed by atoms with Gasteiger partial charge in [0, 0.05) is 24.7 Å². The van der Waals surface area contributed by atoms with Crippen LogP contribution in [0.4, 0.5) is 5.69 Å². The van der Waals surface area contributed by atoms with Gasteiger partial charge >= 0.3 is 0 Å². The standard InChI is InChI=1S/C13H17N3O2/c1-9-4-2-3-5-11(9)16-13(18)8-14-10-6-12(17)15-7-10/h2-5,10,14H,6-8H2,1H3,(H,15,17)(H,16,18). The Morgan fingerprint density at radius 3 is 2.89 bits per heavy atom. The molecular weight excluding hydrogens is 230 g/mol. The molecule has 0 radical (unpaired) electrons. The average molecular weight is 247 g/mol. The van der Waals surface area contributed by atoms with E-state index >= 15 is 0 Å². The highest BCUT2D eigenvalue weighted by molar-refractivity contribution is 5.93. The molecule has 5 heteroatoms. The summed E-state index contributed by atoms with van der Waals surface area (Å²) in [6.45, 7) is 2.76. The van der Waals surface area contributed by atoms with Gasteiger partial charge in [-0.1, -0.05) is 18.2 Å². The van der Waals surface area contributed by atoms with Crippen molar-refractivity contribution in [3.05, 3.63) is 29.8 Å². The number of amides is 2. The molecule has 1 unspecified atom stereocenters. The molecule has 1 aliphatic rings. The van der Waals surface area contributed by atoms with Gasteiger partial charge in [0.05, 0.1) is 6.54 Å². The molecule has 18 heavy (non-hydrogen) atoms. The van der Waals surface area contributed by atoms with Gasteiger partial charge in [0.25, 0.3) is 0 Å². The summed E-state index contributed by atoms with van der Waals surface area (Å²) in [7, 11) is 0. The first-order valence-electron chi connectivity index (χ1n) is 6.00. The molecule has 0 aromatic heterocycles. The molecule has 3 N–H and O–H groups in total. The van der Waals surface area contributed by atoms with Gasteiger partial charge in [0.15, 0.2) is 0 Å². The quantitative estimate of drug-likeness (QED) is 0.722. The predicted octanol–water partition coefficient (Wildman–Crippen LogP) is 0.412. The Morgan fingerprint density at radius 2 is 2.22 bits per heavy atom. The van der Waals surface area contributed by atoms with Crippen molar-refractivity contribution in [2.45, 2.75) is 19.4 Å². The highest BCUT2D eigenvalue weighted by atomic mass is 16.2. The Kier molecular flexibility index (Phi) is 3.94. The van der Waals surface area contributed by atoms with Crippen LogP contribution in [0.5, 0.6) is 0 Å². The Morgan fingerprint density at radius 1 is 1.44 bits per heavy atom. The molecule has 1 heterocycles. The van der Waals surface area contributed by atoms with Crippen LogP contribution >= 0.6 is 0 Å². The minimum atomic E-state index is -0.0938. The number of nitrogens with one attached hydrogen (secondary N) is 3. The number of carbonyl (C=O) groups excluding carboxylic acids is 2. The molecule has 0 bridgehead atoms. The second-order valence-corrected chi connectivity index (χ2v) is 4.45. The topological polar surface area (TPSA) is 70.2 Å². The van der Waals surface area contributed by atoms with E-state index in [0.717, 1.165) is 11.3 Å². The van der Waals surface area contributed by atoms with Crippen LogP contribution in [-0.4, -0.2) is 30.9 Å². The van der Waals surface area contributed by atoms with E-state index in [1.807, 2.05) is 31.2 Å². The fraction of sp³-hybridized carbons (Fsp3) is 0.385. The zero-order valence-electron chi connectivity index (χ0n) is 10.3. The number of hydrogen-bond donors (Lipinski definition) is 3. The van der Waals surface area contributed by atoms with E-state index in [1.165, 1.54) is 0 Å². The maximum absolute atomic E-state index is 11.7. The molecule has 1 atom stereocenters. The van der Waals surface area contributed by atoms with Crippen molar-refractivity contribution in [2.75, 3.05) is 18.4 Å². The van der Waals surface area contributed by atoms with Crippen LogP contribution in [0.1, 0.15) is 12.0 Å². The van der Waals surface area contributed by atoms with E-state index in [-0.39, 0.29) is 24.4 Å². The molecular formula is C13H17N3O2. The molecule has 96 valence electrons. The molecule has 1 aliphatic heterocycles. The maximum atomic E-state index is 11.7. The van der Waals surface area contributed by atoms with E-state index in [1.54, 1.807) is 0 Å². The highest BCUT2D eigenvalue weighted by Crippen LogP contribution is 2.12. The van der Waals surface area contributed by atoms with Crippen LogP contribution in [0.2, 0.25) is 0 Å². The number of hydrogen-bond acceptors (Lipinski definition) is 3. The lowest BCUT2D eigenvalue weighted by Gasteiger charge is -2.11. The minimum Gasteiger partial charge on any atom is -0.354 e. The molecule has 0 aliphatic carbocycles. The van der Waals surface area contributed by atoms with Crippen LogP contribution < -0.4 is 16.0 Å². The third-order valence-corrected chi connectivity index (χ3v) is 2.95. The number of anilines is 1. The molecule has 5 nitrogen and oxygen atoms in total. The minimum absolute atomic E-state index is 0.0341. The number of carbonyl (C=O) groups is 2. The number of para-hydroxylation sites is 1. The van der Waals surface area contributed by atoms with Crippen LogP contribution in [0.3, 0.4) is 0 Å². The first-order valence-corrected chi connectivity index (χ1v) is 6.00. The lowest BCUT2D eigenvalue weighted by Crippen LogP contribution is -2.37. The van der Waals surface area contributed by atoms with E-state index in [9.17, 15) is 9.59 Å². The van der Waals surface area contributed by atoms with Crippen LogP contribution in [0, 0.1) is 6.92 Å². The first-order chi connectivity index (χ1) is 8.65. The van der Waals surface area contributed by atoms with Gasteiger partial charge in [-0.25, -0.2) is 0 Å². The van der Waals surface area contributed by atoms with E-state index < -0.39 is 0 Å². The van der Waals surface area contributed by atoms with Crippen molar-refractivity contribution >= 4 is 17.5 Å². The monoisotopic (exact) mass is 247 g/mol. The van der Waals surface area contributed by atoms with Gasteiger partial charge in [-0.15, -0.1) is 0 Å². The Hall–Kier alpha value is -1.88. The SMILES string of the molecule is Cc1ccccc1NC(=O)CNC1CNC(=O)C1. The zero-order valence-corrected chi connectivity index (χ0v) is 10.3. The summed E-state index contributed by atoms with van der Waals surface area (Å²) in [5.41, 5.74) is 1.86. The van der Waals surface area contributed by atoms with Gasteiger partial charge in [-0.3, -0.25) is 9.59 Å². The molecule has 0 spiro atoms. The Labute approximate surface area is 106 Å². The van der Waals surface area contributed by atoms with Crippen molar-refractivity contribution in [1.82, 2.24) is 10.6 Å². The third-order valence-electron chi connectivity index (χ3n) is 2.95. The van der Waals surface area contributed by atoms with Gasteiger partial charge < -0.3 is 16.0 Å². The number of rotatable bonds is 4. The summed E-state index contributed by atoms with van der Waals surface area (Å²) < 4.78 is 0. The summed E-state index contributed by atoms with van der Waals surface area (Å²) in [5.74, 6) is -0.0598. The Bertz CT molecular complexity index is 459. The normalized spacial score (nSPS) is 18.5. The van der Waals surface area contributed by atoms with Crippen molar-refractivity contribution in [1.29, 1.82) is 0 Å². The highest BCUT2D eigenvalue weighted by Gasteiger charge is 2.21. The predicted molar refractivity (Wildman–Crippen MR) is 69.2 cm³/mol. The molecule has 1 aromatic rings. The smallest absolute Gasteiger partial charge is 0.238 e. The third kappa shape index (κ3) is 3.30. The molecule has 1 aromatic carbocycles. The van der Waals surface area contributed by atoms with Crippen molar-refractivity contribution < 1.29 is 9.59 Å². The molecule has 1 fully saturated rings. The number of aryl methyl sites for hydroxylation is 1. The zero-order chi connectivity index (χ0) is 13.0. The van der Waals surface area contributed by atoms with Crippen molar-refractivity contribution in [3.63, 3.8) is 0 Å². The number of benzene rings is 1. The van der Waals surface area contributed by atoms with Gasteiger partial charge in [-0.2, -0.15) is 0 Å².